The molecule has 120 valence electrons. The maximum atomic E-state index is 12.3. The van der Waals surface area contributed by atoms with Crippen LogP contribution in [0.25, 0.3) is 6.08 Å². The number of benzene rings is 1. The van der Waals surface area contributed by atoms with E-state index in [1.165, 1.54) is 30.4 Å². The summed E-state index contributed by atoms with van der Waals surface area (Å²) in [4.78, 5) is 34.1. The van der Waals surface area contributed by atoms with Gasteiger partial charge in [-0.3, -0.25) is 25.1 Å². The predicted octanol–water partition coefficient (Wildman–Crippen LogP) is 2.21. The first-order chi connectivity index (χ1) is 11.6. The van der Waals surface area contributed by atoms with E-state index in [1.54, 1.807) is 30.3 Å². The summed E-state index contributed by atoms with van der Waals surface area (Å²) in [5, 5.41) is 11.7. The molecule has 3 rings (SSSR count). The topological polar surface area (TPSA) is 106 Å². The zero-order valence-corrected chi connectivity index (χ0v) is 12.2. The number of nitro groups is 1. The third-order valence-electron chi connectivity index (χ3n) is 3.22. The highest BCUT2D eigenvalue weighted by molar-refractivity contribution is 6.29. The molecule has 0 radical (unpaired) electrons. The van der Waals surface area contributed by atoms with Crippen molar-refractivity contribution in [1.82, 2.24) is 5.43 Å². The fourth-order valence-corrected chi connectivity index (χ4v) is 2.11. The Kier molecular flexibility index (Phi) is 3.94. The number of para-hydroxylation sites is 1. The summed E-state index contributed by atoms with van der Waals surface area (Å²) in [6, 6.07) is 11.3. The minimum Gasteiger partial charge on any atom is -0.401 e. The number of anilines is 1. The highest BCUT2D eigenvalue weighted by Crippen LogP contribution is 2.20. The SMILES string of the molecule is O=C1NN(c2ccccc2)C(=O)/C1=C/C=C/c1ccc([N+](=O)[O-])o1. The van der Waals surface area contributed by atoms with E-state index in [1.807, 2.05) is 0 Å². The van der Waals surface area contributed by atoms with E-state index >= 15 is 0 Å². The van der Waals surface area contributed by atoms with Crippen molar-refractivity contribution < 1.29 is 18.9 Å². The van der Waals surface area contributed by atoms with E-state index in [0.29, 0.717) is 5.69 Å². The highest BCUT2D eigenvalue weighted by Gasteiger charge is 2.33. The first-order valence-electron chi connectivity index (χ1n) is 6.89. The highest BCUT2D eigenvalue weighted by atomic mass is 16.6. The van der Waals surface area contributed by atoms with Gasteiger partial charge in [0.2, 0.25) is 0 Å². The molecular formula is C16H11N3O5. The zero-order chi connectivity index (χ0) is 17.1. The molecule has 2 aromatic rings. The first kappa shape index (κ1) is 15.2. The molecule has 1 aliphatic rings. The average Bonchev–Trinajstić information content (AvgIpc) is 3.15. The molecule has 0 atom stereocenters. The molecule has 1 saturated heterocycles. The maximum absolute atomic E-state index is 12.3. The largest absolute Gasteiger partial charge is 0.433 e. The van der Waals surface area contributed by atoms with Crippen molar-refractivity contribution in [3.05, 3.63) is 76.1 Å². The van der Waals surface area contributed by atoms with Gasteiger partial charge in [-0.1, -0.05) is 24.3 Å². The van der Waals surface area contributed by atoms with Gasteiger partial charge in [0.25, 0.3) is 11.8 Å². The van der Waals surface area contributed by atoms with Crippen LogP contribution >= 0.6 is 0 Å². The summed E-state index contributed by atoms with van der Waals surface area (Å²) in [7, 11) is 0. The molecule has 1 aliphatic heterocycles. The fraction of sp³-hybridized carbons (Fsp3) is 0. The lowest BCUT2D eigenvalue weighted by molar-refractivity contribution is -0.402. The number of nitrogens with one attached hydrogen (secondary N) is 1. The van der Waals surface area contributed by atoms with Crippen LogP contribution in [0.5, 0.6) is 0 Å². The van der Waals surface area contributed by atoms with Crippen molar-refractivity contribution in [2.75, 3.05) is 5.01 Å². The molecular weight excluding hydrogens is 314 g/mol. The summed E-state index contributed by atoms with van der Waals surface area (Å²) in [5.74, 6) is -1.16. The second kappa shape index (κ2) is 6.21. The molecule has 0 spiro atoms. The van der Waals surface area contributed by atoms with Crippen LogP contribution in [0, 0.1) is 10.1 Å². The molecule has 0 unspecified atom stereocenters. The Labute approximate surface area is 135 Å². The van der Waals surface area contributed by atoms with Gasteiger partial charge in [-0.15, -0.1) is 0 Å². The van der Waals surface area contributed by atoms with Gasteiger partial charge in [-0.2, -0.15) is 0 Å². The quantitative estimate of drug-likeness (QED) is 0.401. The van der Waals surface area contributed by atoms with Crippen molar-refractivity contribution in [2.24, 2.45) is 0 Å². The van der Waals surface area contributed by atoms with Crippen LogP contribution in [0.15, 0.2) is 64.6 Å². The average molecular weight is 325 g/mol. The molecule has 8 nitrogen and oxygen atoms in total. The smallest absolute Gasteiger partial charge is 0.401 e. The molecule has 0 bridgehead atoms. The standard InChI is InChI=1S/C16H11N3O5/c20-15-13(8-4-7-12-9-10-14(24-12)19(22)23)16(21)18(17-15)11-5-2-1-3-6-11/h1-10H,(H,17,20)/b7-4+,13-8+. The van der Waals surface area contributed by atoms with Gasteiger partial charge >= 0.3 is 5.88 Å². The molecule has 2 heterocycles. The van der Waals surface area contributed by atoms with Gasteiger partial charge < -0.3 is 4.42 Å². The Balaban J connectivity index is 1.77. The minimum absolute atomic E-state index is 0.0452. The van der Waals surface area contributed by atoms with Gasteiger partial charge in [0.1, 0.15) is 16.3 Å². The third-order valence-corrected chi connectivity index (χ3v) is 3.22. The Morgan fingerprint density at radius 1 is 1.12 bits per heavy atom. The third kappa shape index (κ3) is 2.93. The number of amides is 2. The van der Waals surface area contributed by atoms with E-state index in [9.17, 15) is 19.7 Å². The van der Waals surface area contributed by atoms with Crippen molar-refractivity contribution in [1.29, 1.82) is 0 Å². The van der Waals surface area contributed by atoms with E-state index in [4.69, 9.17) is 4.42 Å². The van der Waals surface area contributed by atoms with E-state index in [0.717, 1.165) is 5.01 Å². The first-order valence-corrected chi connectivity index (χ1v) is 6.89. The molecule has 2 amide bonds. The maximum Gasteiger partial charge on any atom is 0.433 e. The molecule has 1 fully saturated rings. The lowest BCUT2D eigenvalue weighted by atomic mass is 10.2. The Morgan fingerprint density at radius 2 is 1.88 bits per heavy atom. The molecule has 0 aliphatic carbocycles. The number of hydrogen-bond donors (Lipinski definition) is 1. The van der Waals surface area contributed by atoms with Crippen LogP contribution < -0.4 is 10.4 Å². The summed E-state index contributed by atoms with van der Waals surface area (Å²) in [5.41, 5.74) is 2.97. The normalized spacial score (nSPS) is 16.2. The van der Waals surface area contributed by atoms with Crippen LogP contribution in [0.3, 0.4) is 0 Å². The number of carbonyl (C=O) groups excluding carboxylic acids is 2. The van der Waals surface area contributed by atoms with Crippen LogP contribution in [0.1, 0.15) is 5.76 Å². The van der Waals surface area contributed by atoms with Crippen molar-refractivity contribution >= 4 is 29.5 Å². The molecule has 1 N–H and O–H groups in total. The van der Waals surface area contributed by atoms with Gasteiger partial charge in [-0.05, 0) is 30.4 Å². The lowest BCUT2D eigenvalue weighted by Crippen LogP contribution is -2.35. The number of carbonyl (C=O) groups is 2. The summed E-state index contributed by atoms with van der Waals surface area (Å²) < 4.78 is 4.94. The van der Waals surface area contributed by atoms with Crippen LogP contribution in [-0.4, -0.2) is 16.7 Å². The number of hydrazine groups is 1. The van der Waals surface area contributed by atoms with Crippen LogP contribution in [0.4, 0.5) is 11.6 Å². The molecule has 24 heavy (non-hydrogen) atoms. The van der Waals surface area contributed by atoms with Crippen LogP contribution in [-0.2, 0) is 9.59 Å². The summed E-state index contributed by atoms with van der Waals surface area (Å²) >= 11 is 0. The zero-order valence-electron chi connectivity index (χ0n) is 12.2. The van der Waals surface area contributed by atoms with Crippen LogP contribution in [0.2, 0.25) is 0 Å². The number of allylic oxidation sites excluding steroid dienone is 2. The number of furan rings is 1. The summed E-state index contributed by atoms with van der Waals surface area (Å²) in [6.45, 7) is 0. The monoisotopic (exact) mass is 325 g/mol. The molecule has 1 aromatic carbocycles. The predicted molar refractivity (Wildman–Crippen MR) is 84.6 cm³/mol. The van der Waals surface area contributed by atoms with Gasteiger partial charge in [0, 0.05) is 0 Å². The second-order valence-corrected chi connectivity index (χ2v) is 4.79. The minimum atomic E-state index is -0.651. The molecule has 1 aromatic heterocycles. The van der Waals surface area contributed by atoms with Gasteiger partial charge in [0.05, 0.1) is 11.8 Å². The fourth-order valence-electron chi connectivity index (χ4n) is 2.11. The van der Waals surface area contributed by atoms with Crippen molar-refractivity contribution in [3.63, 3.8) is 0 Å². The number of rotatable bonds is 4. The number of hydrogen-bond acceptors (Lipinski definition) is 5. The van der Waals surface area contributed by atoms with Crippen molar-refractivity contribution in [2.45, 2.75) is 0 Å². The van der Waals surface area contributed by atoms with Gasteiger partial charge in [0.15, 0.2) is 0 Å². The summed E-state index contributed by atoms with van der Waals surface area (Å²) in [6.07, 6.45) is 4.17. The van der Waals surface area contributed by atoms with E-state index in [-0.39, 0.29) is 17.2 Å². The van der Waals surface area contributed by atoms with Gasteiger partial charge in [-0.25, -0.2) is 5.01 Å². The van der Waals surface area contributed by atoms with E-state index < -0.39 is 16.7 Å². The van der Waals surface area contributed by atoms with Crippen molar-refractivity contribution in [3.8, 4) is 0 Å². The number of nitrogens with zero attached hydrogens (tertiary/aromatic N) is 2. The Hall–Kier alpha value is -3.68. The molecule has 8 heteroatoms. The lowest BCUT2D eigenvalue weighted by Gasteiger charge is -2.13. The van der Waals surface area contributed by atoms with E-state index in [2.05, 4.69) is 5.43 Å². The molecule has 0 saturated carbocycles. The Morgan fingerprint density at radius 3 is 2.54 bits per heavy atom. The second-order valence-electron chi connectivity index (χ2n) is 4.79. The Bertz CT molecular complexity index is 867.